The third-order valence-electron chi connectivity index (χ3n) is 6.91. The van der Waals surface area contributed by atoms with Gasteiger partial charge in [0.25, 0.3) is 12.3 Å². The smallest absolute Gasteiger partial charge is 0.279 e. The molecule has 1 N–H and O–H groups in total. The standard InChI is InChI=1S/C22H26F2N4O/c23-21(24)17-10-18(26-25-17)22(29)27-11-14-9-16(13-27)20-8-4-7-19(28(20)12-14)15-5-2-1-3-6-15/h1-3,5-6,10,14,16,19-21H,4,7-9,11-13H2,(H,25,26)/t14-,16+,19+,20-/m0/s1. The van der Waals surface area contributed by atoms with Crippen LogP contribution in [-0.2, 0) is 0 Å². The van der Waals surface area contributed by atoms with Crippen molar-refractivity contribution in [2.75, 3.05) is 19.6 Å². The summed E-state index contributed by atoms with van der Waals surface area (Å²) >= 11 is 0. The van der Waals surface area contributed by atoms with Crippen molar-refractivity contribution < 1.29 is 13.6 Å². The van der Waals surface area contributed by atoms with E-state index in [4.69, 9.17) is 0 Å². The number of hydrogen-bond donors (Lipinski definition) is 1. The lowest BCUT2D eigenvalue weighted by molar-refractivity contribution is -0.0512. The summed E-state index contributed by atoms with van der Waals surface area (Å²) in [5, 5.41) is 6.12. The number of likely N-dealkylation sites (tertiary alicyclic amines) is 1. The molecular weight excluding hydrogens is 374 g/mol. The van der Waals surface area contributed by atoms with Gasteiger partial charge in [0.15, 0.2) is 5.69 Å². The quantitative estimate of drug-likeness (QED) is 0.846. The van der Waals surface area contributed by atoms with Crippen molar-refractivity contribution >= 4 is 5.91 Å². The van der Waals surface area contributed by atoms with E-state index in [0.29, 0.717) is 37.0 Å². The molecule has 29 heavy (non-hydrogen) atoms. The second-order valence-electron chi connectivity index (χ2n) is 8.70. The van der Waals surface area contributed by atoms with Crippen LogP contribution in [0, 0.1) is 11.8 Å². The molecule has 4 atom stereocenters. The molecule has 1 aromatic heterocycles. The van der Waals surface area contributed by atoms with E-state index >= 15 is 0 Å². The monoisotopic (exact) mass is 400 g/mol. The molecule has 4 heterocycles. The van der Waals surface area contributed by atoms with E-state index in [2.05, 4.69) is 45.4 Å². The summed E-state index contributed by atoms with van der Waals surface area (Å²) in [4.78, 5) is 17.4. The van der Waals surface area contributed by atoms with Gasteiger partial charge in [-0.25, -0.2) is 8.78 Å². The lowest BCUT2D eigenvalue weighted by atomic mass is 9.74. The van der Waals surface area contributed by atoms with Gasteiger partial charge in [-0.2, -0.15) is 5.10 Å². The van der Waals surface area contributed by atoms with E-state index in [9.17, 15) is 13.6 Å². The van der Waals surface area contributed by atoms with Crippen LogP contribution in [0.2, 0.25) is 0 Å². The van der Waals surface area contributed by atoms with Gasteiger partial charge in [0.05, 0.1) is 0 Å². The Morgan fingerprint density at radius 3 is 2.72 bits per heavy atom. The van der Waals surface area contributed by atoms with Crippen LogP contribution < -0.4 is 0 Å². The highest BCUT2D eigenvalue weighted by Gasteiger charge is 2.46. The Hall–Kier alpha value is -2.28. The van der Waals surface area contributed by atoms with Crippen LogP contribution in [0.25, 0.3) is 0 Å². The average Bonchev–Trinajstić information content (AvgIpc) is 3.24. The first-order valence-electron chi connectivity index (χ1n) is 10.5. The molecule has 0 spiro atoms. The highest BCUT2D eigenvalue weighted by atomic mass is 19.3. The Bertz CT molecular complexity index is 871. The minimum atomic E-state index is -2.64. The Morgan fingerprint density at radius 1 is 1.14 bits per heavy atom. The number of carbonyl (C=O) groups excluding carboxylic acids is 1. The topological polar surface area (TPSA) is 52.2 Å². The molecule has 0 saturated carbocycles. The molecule has 1 aromatic carbocycles. The van der Waals surface area contributed by atoms with Gasteiger partial charge in [-0.1, -0.05) is 30.3 Å². The normalized spacial score (nSPS) is 29.7. The number of nitrogens with zero attached hydrogens (tertiary/aromatic N) is 3. The lowest BCUT2D eigenvalue weighted by Gasteiger charge is -2.55. The number of aromatic nitrogens is 2. The molecule has 0 radical (unpaired) electrons. The minimum absolute atomic E-state index is 0.0999. The third kappa shape index (κ3) is 3.45. The average molecular weight is 400 g/mol. The first kappa shape index (κ1) is 18.7. The highest BCUT2D eigenvalue weighted by molar-refractivity contribution is 5.92. The van der Waals surface area contributed by atoms with E-state index < -0.39 is 6.43 Å². The fraction of sp³-hybridized carbons (Fsp3) is 0.545. The summed E-state index contributed by atoms with van der Waals surface area (Å²) in [7, 11) is 0. The molecule has 3 fully saturated rings. The van der Waals surface area contributed by atoms with Gasteiger partial charge in [0, 0.05) is 31.7 Å². The summed E-state index contributed by atoms with van der Waals surface area (Å²) in [6, 6.07) is 12.9. The maximum Gasteiger partial charge on any atom is 0.279 e. The van der Waals surface area contributed by atoms with E-state index in [1.54, 1.807) is 0 Å². The molecule has 2 bridgehead atoms. The van der Waals surface area contributed by atoms with Crippen LogP contribution in [0.3, 0.4) is 0 Å². The number of alkyl halides is 2. The molecule has 7 heteroatoms. The molecule has 3 aliphatic rings. The number of nitrogens with one attached hydrogen (secondary N) is 1. The molecule has 2 aromatic rings. The van der Waals surface area contributed by atoms with Crippen LogP contribution in [0.15, 0.2) is 36.4 Å². The van der Waals surface area contributed by atoms with Crippen molar-refractivity contribution in [1.82, 2.24) is 20.0 Å². The van der Waals surface area contributed by atoms with Gasteiger partial charge >= 0.3 is 0 Å². The number of carbonyl (C=O) groups is 1. The van der Waals surface area contributed by atoms with Gasteiger partial charge < -0.3 is 4.90 Å². The molecule has 1 amide bonds. The molecular formula is C22H26F2N4O. The van der Waals surface area contributed by atoms with E-state index in [1.807, 2.05) is 4.90 Å². The van der Waals surface area contributed by atoms with Crippen molar-refractivity contribution in [3.8, 4) is 0 Å². The lowest BCUT2D eigenvalue weighted by Crippen LogP contribution is -2.60. The van der Waals surface area contributed by atoms with Gasteiger partial charge in [0.2, 0.25) is 0 Å². The second-order valence-corrected chi connectivity index (χ2v) is 8.70. The summed E-state index contributed by atoms with van der Waals surface area (Å²) in [5.74, 6) is 0.630. The number of fused-ring (bicyclic) bond motifs is 4. The number of amides is 1. The maximum atomic E-state index is 12.9. The van der Waals surface area contributed by atoms with Gasteiger partial charge in [0.1, 0.15) is 5.69 Å². The zero-order valence-electron chi connectivity index (χ0n) is 16.3. The number of hydrogen-bond acceptors (Lipinski definition) is 3. The minimum Gasteiger partial charge on any atom is -0.337 e. The van der Waals surface area contributed by atoms with E-state index in [1.165, 1.54) is 30.9 Å². The Balaban J connectivity index is 1.33. The summed E-state index contributed by atoms with van der Waals surface area (Å²) in [6.07, 6.45) is 2.06. The number of halogens is 2. The molecule has 0 aliphatic carbocycles. The third-order valence-corrected chi connectivity index (χ3v) is 6.91. The zero-order chi connectivity index (χ0) is 20.0. The van der Waals surface area contributed by atoms with Crippen LogP contribution in [0.5, 0.6) is 0 Å². The molecule has 3 saturated heterocycles. The fourth-order valence-corrected chi connectivity index (χ4v) is 5.73. The Morgan fingerprint density at radius 2 is 1.97 bits per heavy atom. The van der Waals surface area contributed by atoms with Crippen LogP contribution >= 0.6 is 0 Å². The largest absolute Gasteiger partial charge is 0.337 e. The van der Waals surface area contributed by atoms with Gasteiger partial charge in [-0.3, -0.25) is 14.8 Å². The SMILES string of the molecule is O=C(c1cc(C(F)F)[nH]n1)N1C[C@@H]2C[C@H](C1)[C@@H]1CCC[C@H](c3ccccc3)N1C2. The first-order valence-corrected chi connectivity index (χ1v) is 10.5. The van der Waals surface area contributed by atoms with Crippen LogP contribution in [0.1, 0.15) is 59.9 Å². The summed E-state index contributed by atoms with van der Waals surface area (Å²) in [6.45, 7) is 2.36. The number of H-pyrrole nitrogens is 1. The Labute approximate surface area is 169 Å². The molecule has 5 rings (SSSR count). The number of piperidine rings is 3. The number of rotatable bonds is 3. The van der Waals surface area contributed by atoms with Gasteiger partial charge in [-0.15, -0.1) is 0 Å². The van der Waals surface area contributed by atoms with Crippen LogP contribution in [-0.4, -0.2) is 51.6 Å². The second kappa shape index (κ2) is 7.52. The molecule has 0 unspecified atom stereocenters. The molecule has 3 aliphatic heterocycles. The predicted octanol–water partition coefficient (Wildman–Crippen LogP) is 4.04. The van der Waals surface area contributed by atoms with Crippen molar-refractivity contribution in [2.45, 2.75) is 44.2 Å². The number of aromatic amines is 1. The van der Waals surface area contributed by atoms with Crippen molar-refractivity contribution in [3.05, 3.63) is 53.3 Å². The molecule has 5 nitrogen and oxygen atoms in total. The highest BCUT2D eigenvalue weighted by Crippen LogP contribution is 2.44. The maximum absolute atomic E-state index is 12.9. The van der Waals surface area contributed by atoms with Crippen LogP contribution in [0.4, 0.5) is 8.78 Å². The number of benzene rings is 1. The zero-order valence-corrected chi connectivity index (χ0v) is 16.3. The Kier molecular flexibility index (Phi) is 4.86. The predicted molar refractivity (Wildman–Crippen MR) is 105 cm³/mol. The summed E-state index contributed by atoms with van der Waals surface area (Å²) in [5.41, 5.74) is 1.19. The van der Waals surface area contributed by atoms with E-state index in [-0.39, 0.29) is 17.3 Å². The van der Waals surface area contributed by atoms with Crippen molar-refractivity contribution in [2.24, 2.45) is 11.8 Å². The van der Waals surface area contributed by atoms with Crippen molar-refractivity contribution in [3.63, 3.8) is 0 Å². The van der Waals surface area contributed by atoms with Gasteiger partial charge in [-0.05, 0) is 49.1 Å². The summed E-state index contributed by atoms with van der Waals surface area (Å²) < 4.78 is 25.7. The van der Waals surface area contributed by atoms with E-state index in [0.717, 1.165) is 13.0 Å². The molecule has 154 valence electrons. The first-order chi connectivity index (χ1) is 14.1. The van der Waals surface area contributed by atoms with Crippen molar-refractivity contribution in [1.29, 1.82) is 0 Å². The fourth-order valence-electron chi connectivity index (χ4n) is 5.73.